The molecule has 0 radical (unpaired) electrons. The van der Waals surface area contributed by atoms with Gasteiger partial charge >= 0.3 is 0 Å². The van der Waals surface area contributed by atoms with E-state index in [1.807, 2.05) is 12.1 Å². The van der Waals surface area contributed by atoms with Crippen molar-refractivity contribution in [3.8, 4) is 5.75 Å². The number of hydrogen-bond donors (Lipinski definition) is 3. The summed E-state index contributed by atoms with van der Waals surface area (Å²) < 4.78 is 0. The summed E-state index contributed by atoms with van der Waals surface area (Å²) in [4.78, 5) is 13.3. The first-order valence-corrected chi connectivity index (χ1v) is 14.1. The predicted octanol–water partition coefficient (Wildman–Crippen LogP) is 6.34. The summed E-state index contributed by atoms with van der Waals surface area (Å²) in [5, 5.41) is 24.2. The third-order valence-corrected chi connectivity index (χ3v) is 9.98. The third kappa shape index (κ3) is 4.90. The highest BCUT2D eigenvalue weighted by Gasteiger charge is 2.58. The number of phenolic OH excluding ortho intramolecular Hbond substituents is 1. The molecule has 4 rings (SSSR count). The number of phenols is 1. The van der Waals surface area contributed by atoms with Crippen molar-refractivity contribution in [3.05, 3.63) is 29.3 Å². The fourth-order valence-corrected chi connectivity index (χ4v) is 8.10. The van der Waals surface area contributed by atoms with Crippen molar-refractivity contribution < 1.29 is 15.0 Å². The second-order valence-corrected chi connectivity index (χ2v) is 11.8. The fourth-order valence-electron chi connectivity index (χ4n) is 8.10. The van der Waals surface area contributed by atoms with Gasteiger partial charge in [-0.15, -0.1) is 0 Å². The van der Waals surface area contributed by atoms with E-state index in [9.17, 15) is 15.0 Å². The monoisotopic (exact) mass is 469 g/mol. The smallest absolute Gasteiger partial charge is 0.223 e. The molecule has 1 amide bonds. The first-order chi connectivity index (χ1) is 16.4. The molecule has 3 N–H and O–H groups in total. The van der Waals surface area contributed by atoms with Crippen LogP contribution in [0.4, 0.5) is 0 Å². The van der Waals surface area contributed by atoms with E-state index in [0.29, 0.717) is 23.5 Å². The van der Waals surface area contributed by atoms with Crippen LogP contribution >= 0.6 is 0 Å². The van der Waals surface area contributed by atoms with Crippen molar-refractivity contribution in [1.82, 2.24) is 5.32 Å². The number of carbonyl (C=O) groups is 1. The van der Waals surface area contributed by atoms with Crippen LogP contribution in [0.25, 0.3) is 0 Å². The van der Waals surface area contributed by atoms with Crippen LogP contribution in [0.1, 0.15) is 108 Å². The molecule has 0 spiro atoms. The van der Waals surface area contributed by atoms with Gasteiger partial charge in [-0.2, -0.15) is 0 Å². The Bertz CT molecular complexity index is 838. The van der Waals surface area contributed by atoms with Crippen molar-refractivity contribution in [2.24, 2.45) is 29.1 Å². The standard InChI is InChI=1S/C30H47NO3/c1-4-5-6-7-8-9-10-11-24(29(34)31-3)25-19-20-18-21(32)12-13-22(20)23-16-17-30(2)26(28(23)25)14-15-27(30)33/h12-13,18,23-28,32-33H,4-11,14-17,19H2,1-3H3,(H,31,34)/t23-,24?,25+,26+,27+,28+,30+/m1/s1. The molecule has 2 saturated carbocycles. The zero-order chi connectivity index (χ0) is 24.3. The van der Waals surface area contributed by atoms with Gasteiger partial charge in [-0.3, -0.25) is 4.79 Å². The van der Waals surface area contributed by atoms with Crippen LogP contribution in [0.5, 0.6) is 5.75 Å². The highest BCUT2D eigenvalue weighted by Crippen LogP contribution is 2.63. The molecule has 0 saturated heterocycles. The molecule has 1 unspecified atom stereocenters. The lowest BCUT2D eigenvalue weighted by molar-refractivity contribution is -0.129. The SMILES string of the molecule is CCCCCCCCCC(C(=O)NC)[C@@H]1Cc2cc(O)ccc2[C@H]2CC[C@]3(C)[C@@H](O)CC[C@H]3[C@@H]21. The average Bonchev–Trinajstić information content (AvgIpc) is 3.14. The highest BCUT2D eigenvalue weighted by molar-refractivity contribution is 5.78. The number of carbonyl (C=O) groups excluding carboxylic acids is 1. The molecule has 3 aliphatic carbocycles. The number of rotatable bonds is 10. The number of aliphatic hydroxyl groups is 1. The van der Waals surface area contributed by atoms with Gasteiger partial charge in [0, 0.05) is 13.0 Å². The van der Waals surface area contributed by atoms with E-state index >= 15 is 0 Å². The van der Waals surface area contributed by atoms with Crippen molar-refractivity contribution in [1.29, 1.82) is 0 Å². The quantitative estimate of drug-likeness (QED) is 0.350. The minimum atomic E-state index is -0.220. The molecular weight excluding hydrogens is 422 g/mol. The molecule has 3 aliphatic rings. The van der Waals surface area contributed by atoms with Gasteiger partial charge in [-0.1, -0.05) is 64.9 Å². The fraction of sp³-hybridized carbons (Fsp3) is 0.767. The van der Waals surface area contributed by atoms with Gasteiger partial charge in [0.15, 0.2) is 0 Å². The minimum Gasteiger partial charge on any atom is -0.508 e. The Morgan fingerprint density at radius 1 is 1.12 bits per heavy atom. The van der Waals surface area contributed by atoms with Gasteiger partial charge in [-0.25, -0.2) is 0 Å². The normalized spacial score (nSPS) is 33.0. The van der Waals surface area contributed by atoms with Crippen LogP contribution in [0.3, 0.4) is 0 Å². The summed E-state index contributed by atoms with van der Waals surface area (Å²) in [5.41, 5.74) is 2.59. The first-order valence-electron chi connectivity index (χ1n) is 14.1. The summed E-state index contributed by atoms with van der Waals surface area (Å²) in [5.74, 6) is 2.12. The van der Waals surface area contributed by atoms with Crippen LogP contribution in [-0.4, -0.2) is 29.3 Å². The van der Waals surface area contributed by atoms with E-state index in [-0.39, 0.29) is 29.3 Å². The molecule has 0 aliphatic heterocycles. The Kier molecular flexibility index (Phi) is 8.28. The van der Waals surface area contributed by atoms with Gasteiger partial charge in [0.25, 0.3) is 0 Å². The molecule has 1 aromatic carbocycles. The lowest BCUT2D eigenvalue weighted by atomic mass is 9.50. The maximum absolute atomic E-state index is 13.3. The number of aromatic hydroxyl groups is 1. The molecule has 7 atom stereocenters. The third-order valence-electron chi connectivity index (χ3n) is 9.98. The van der Waals surface area contributed by atoms with Crippen molar-refractivity contribution in [2.75, 3.05) is 7.05 Å². The second-order valence-electron chi connectivity index (χ2n) is 11.8. The summed E-state index contributed by atoms with van der Waals surface area (Å²) in [6, 6.07) is 5.92. The van der Waals surface area contributed by atoms with Crippen LogP contribution in [0.15, 0.2) is 18.2 Å². The Morgan fingerprint density at radius 2 is 1.85 bits per heavy atom. The number of aliphatic hydroxyl groups excluding tert-OH is 1. The van der Waals surface area contributed by atoms with Gasteiger partial charge in [-0.05, 0) is 90.9 Å². The molecule has 34 heavy (non-hydrogen) atoms. The van der Waals surface area contributed by atoms with Gasteiger partial charge in [0.05, 0.1) is 6.10 Å². The van der Waals surface area contributed by atoms with E-state index in [1.54, 1.807) is 7.05 Å². The maximum atomic E-state index is 13.3. The molecule has 1 aromatic rings. The molecular formula is C30H47NO3. The van der Waals surface area contributed by atoms with Crippen LogP contribution < -0.4 is 5.32 Å². The zero-order valence-corrected chi connectivity index (χ0v) is 21.7. The second kappa shape index (κ2) is 11.0. The number of benzene rings is 1. The number of hydrogen-bond acceptors (Lipinski definition) is 3. The topological polar surface area (TPSA) is 69.6 Å². The Balaban J connectivity index is 1.59. The number of unbranched alkanes of at least 4 members (excludes halogenated alkanes) is 6. The Morgan fingerprint density at radius 3 is 2.59 bits per heavy atom. The van der Waals surface area contributed by atoms with Crippen molar-refractivity contribution >= 4 is 5.91 Å². The average molecular weight is 470 g/mol. The summed E-state index contributed by atoms with van der Waals surface area (Å²) in [7, 11) is 1.78. The summed E-state index contributed by atoms with van der Waals surface area (Å²) in [6.07, 6.45) is 14.5. The molecule has 4 nitrogen and oxygen atoms in total. The summed E-state index contributed by atoms with van der Waals surface area (Å²) >= 11 is 0. The minimum absolute atomic E-state index is 0.00346. The van der Waals surface area contributed by atoms with Crippen molar-refractivity contribution in [3.63, 3.8) is 0 Å². The van der Waals surface area contributed by atoms with Crippen LogP contribution in [0, 0.1) is 29.1 Å². The largest absolute Gasteiger partial charge is 0.508 e. The lowest BCUT2D eigenvalue weighted by Crippen LogP contribution is -2.50. The Hall–Kier alpha value is -1.55. The lowest BCUT2D eigenvalue weighted by Gasteiger charge is -2.54. The van der Waals surface area contributed by atoms with E-state index in [1.165, 1.54) is 49.7 Å². The molecule has 2 fully saturated rings. The van der Waals surface area contributed by atoms with E-state index in [4.69, 9.17) is 0 Å². The highest BCUT2D eigenvalue weighted by atomic mass is 16.3. The number of nitrogens with one attached hydrogen (secondary N) is 1. The molecule has 190 valence electrons. The molecule has 0 aromatic heterocycles. The van der Waals surface area contributed by atoms with E-state index in [2.05, 4.69) is 25.2 Å². The number of amides is 1. The van der Waals surface area contributed by atoms with Crippen LogP contribution in [0.2, 0.25) is 0 Å². The number of fused-ring (bicyclic) bond motifs is 5. The van der Waals surface area contributed by atoms with Gasteiger partial charge in [0.2, 0.25) is 5.91 Å². The van der Waals surface area contributed by atoms with Gasteiger partial charge in [0.1, 0.15) is 5.75 Å². The Labute approximate surface area is 206 Å². The first kappa shape index (κ1) is 25.5. The molecule has 0 heterocycles. The van der Waals surface area contributed by atoms with Crippen molar-refractivity contribution in [2.45, 2.75) is 109 Å². The molecule has 0 bridgehead atoms. The van der Waals surface area contributed by atoms with Crippen LogP contribution in [-0.2, 0) is 11.2 Å². The van der Waals surface area contributed by atoms with E-state index < -0.39 is 0 Å². The van der Waals surface area contributed by atoms with Gasteiger partial charge < -0.3 is 15.5 Å². The maximum Gasteiger partial charge on any atom is 0.223 e. The predicted molar refractivity (Wildman–Crippen MR) is 138 cm³/mol. The van der Waals surface area contributed by atoms with E-state index in [0.717, 1.165) is 44.9 Å². The summed E-state index contributed by atoms with van der Waals surface area (Å²) in [6.45, 7) is 4.56. The zero-order valence-electron chi connectivity index (χ0n) is 21.7. The molecule has 4 heteroatoms.